The van der Waals surface area contributed by atoms with Crippen LogP contribution in [0.25, 0.3) is 0 Å². The second kappa shape index (κ2) is 5.65. The van der Waals surface area contributed by atoms with Crippen LogP contribution in [-0.4, -0.2) is 15.9 Å². The van der Waals surface area contributed by atoms with Crippen LogP contribution in [0.4, 0.5) is 0 Å². The highest BCUT2D eigenvalue weighted by Gasteiger charge is 2.09. The van der Waals surface area contributed by atoms with Crippen LogP contribution < -0.4 is 5.32 Å². The first-order valence-corrected chi connectivity index (χ1v) is 6.70. The molecule has 1 amide bonds. The number of nitrogens with one attached hydrogen (secondary N) is 1. The monoisotopic (exact) mass is 301 g/mol. The van der Waals surface area contributed by atoms with E-state index in [2.05, 4.69) is 15.3 Å². The summed E-state index contributed by atoms with van der Waals surface area (Å²) in [6, 6.07) is 2.95. The third-order valence-electron chi connectivity index (χ3n) is 2.28. The molecule has 2 heterocycles. The molecular formula is C11H9Cl2N3OS. The Balaban J connectivity index is 2.06. The van der Waals surface area contributed by atoms with E-state index in [1.54, 1.807) is 5.51 Å². The summed E-state index contributed by atoms with van der Waals surface area (Å²) in [4.78, 5) is 20.8. The van der Waals surface area contributed by atoms with Gasteiger partial charge in [0.25, 0.3) is 5.91 Å². The van der Waals surface area contributed by atoms with Crippen molar-refractivity contribution in [2.45, 2.75) is 13.5 Å². The number of nitrogens with zero attached hydrogens (tertiary/aromatic N) is 2. The quantitative estimate of drug-likeness (QED) is 0.886. The van der Waals surface area contributed by atoms with E-state index in [4.69, 9.17) is 23.2 Å². The third-order valence-corrected chi connectivity index (χ3v) is 3.60. The minimum Gasteiger partial charge on any atom is -0.347 e. The maximum Gasteiger partial charge on any atom is 0.251 e. The summed E-state index contributed by atoms with van der Waals surface area (Å²) in [6.07, 6.45) is 0. The van der Waals surface area contributed by atoms with Gasteiger partial charge in [-0.3, -0.25) is 4.79 Å². The molecule has 2 rings (SSSR count). The lowest BCUT2D eigenvalue weighted by molar-refractivity contribution is 0.0951. The molecule has 94 valence electrons. The van der Waals surface area contributed by atoms with Gasteiger partial charge in [-0.1, -0.05) is 23.2 Å². The van der Waals surface area contributed by atoms with Crippen molar-refractivity contribution in [1.29, 1.82) is 0 Å². The van der Waals surface area contributed by atoms with Crippen molar-refractivity contribution in [2.75, 3.05) is 0 Å². The van der Waals surface area contributed by atoms with Crippen LogP contribution in [0.5, 0.6) is 0 Å². The zero-order valence-corrected chi connectivity index (χ0v) is 11.7. The van der Waals surface area contributed by atoms with Crippen LogP contribution in [0.3, 0.4) is 0 Å². The van der Waals surface area contributed by atoms with E-state index in [1.807, 2.05) is 6.92 Å². The SMILES string of the molecule is Cc1ncsc1CNC(=O)c1cc(Cl)nc(Cl)c1. The fourth-order valence-electron chi connectivity index (χ4n) is 1.35. The number of rotatable bonds is 3. The summed E-state index contributed by atoms with van der Waals surface area (Å²) in [5, 5.41) is 3.17. The molecule has 4 nitrogen and oxygen atoms in total. The molecule has 0 aliphatic carbocycles. The second-order valence-corrected chi connectivity index (χ2v) is 5.26. The number of carbonyl (C=O) groups is 1. The fourth-order valence-corrected chi connectivity index (χ4v) is 2.53. The van der Waals surface area contributed by atoms with Crippen molar-refractivity contribution >= 4 is 40.4 Å². The molecule has 0 atom stereocenters. The maximum absolute atomic E-state index is 11.9. The Morgan fingerprint density at radius 1 is 1.39 bits per heavy atom. The van der Waals surface area contributed by atoms with Gasteiger partial charge in [0.05, 0.1) is 17.7 Å². The van der Waals surface area contributed by atoms with Gasteiger partial charge in [-0.25, -0.2) is 9.97 Å². The maximum atomic E-state index is 11.9. The largest absolute Gasteiger partial charge is 0.347 e. The Morgan fingerprint density at radius 2 is 2.06 bits per heavy atom. The minimum absolute atomic E-state index is 0.196. The van der Waals surface area contributed by atoms with Crippen LogP contribution >= 0.6 is 34.5 Å². The first kappa shape index (κ1) is 13.3. The summed E-state index contributed by atoms with van der Waals surface area (Å²) < 4.78 is 0. The van der Waals surface area contributed by atoms with Crippen molar-refractivity contribution in [2.24, 2.45) is 0 Å². The second-order valence-electron chi connectivity index (χ2n) is 3.54. The van der Waals surface area contributed by atoms with Crippen molar-refractivity contribution in [1.82, 2.24) is 15.3 Å². The molecule has 0 aliphatic rings. The van der Waals surface area contributed by atoms with Gasteiger partial charge in [0.15, 0.2) is 0 Å². The standard InChI is InChI=1S/C11H9Cl2N3OS/c1-6-8(18-5-15-6)4-14-11(17)7-2-9(12)16-10(13)3-7/h2-3,5H,4H2,1H3,(H,14,17). The summed E-state index contributed by atoms with van der Waals surface area (Å²) in [6.45, 7) is 2.34. The highest BCUT2D eigenvalue weighted by Crippen LogP contribution is 2.15. The van der Waals surface area contributed by atoms with E-state index in [9.17, 15) is 4.79 Å². The summed E-state index contributed by atoms with van der Waals surface area (Å²) in [5.74, 6) is -0.242. The van der Waals surface area contributed by atoms with Crippen LogP contribution in [0.2, 0.25) is 10.3 Å². The topological polar surface area (TPSA) is 54.9 Å². The first-order valence-electron chi connectivity index (χ1n) is 5.06. The Labute approximate surface area is 118 Å². The fraction of sp³-hybridized carbons (Fsp3) is 0.182. The lowest BCUT2D eigenvalue weighted by atomic mass is 10.2. The summed E-state index contributed by atoms with van der Waals surface area (Å²) in [7, 11) is 0. The zero-order chi connectivity index (χ0) is 13.1. The average molecular weight is 302 g/mol. The Kier molecular flexibility index (Phi) is 4.16. The van der Waals surface area contributed by atoms with Crippen LogP contribution in [0.1, 0.15) is 20.9 Å². The molecule has 18 heavy (non-hydrogen) atoms. The number of carbonyl (C=O) groups excluding carboxylic acids is 1. The van der Waals surface area contributed by atoms with Gasteiger partial charge >= 0.3 is 0 Å². The van der Waals surface area contributed by atoms with Gasteiger partial charge in [0.1, 0.15) is 10.3 Å². The lowest BCUT2D eigenvalue weighted by Crippen LogP contribution is -2.22. The molecule has 0 aromatic carbocycles. The molecule has 0 bridgehead atoms. The minimum atomic E-state index is -0.242. The van der Waals surface area contributed by atoms with Crippen LogP contribution in [0, 0.1) is 6.92 Å². The van der Waals surface area contributed by atoms with Crippen molar-refractivity contribution in [3.8, 4) is 0 Å². The number of hydrogen-bond donors (Lipinski definition) is 1. The normalized spacial score (nSPS) is 10.4. The van der Waals surface area contributed by atoms with E-state index in [0.29, 0.717) is 12.1 Å². The molecule has 0 unspecified atom stereocenters. The van der Waals surface area contributed by atoms with Gasteiger partial charge in [0.2, 0.25) is 0 Å². The van der Waals surface area contributed by atoms with E-state index in [0.717, 1.165) is 10.6 Å². The van der Waals surface area contributed by atoms with E-state index in [1.165, 1.54) is 23.5 Å². The molecule has 7 heteroatoms. The number of hydrogen-bond acceptors (Lipinski definition) is 4. The van der Waals surface area contributed by atoms with Crippen molar-refractivity contribution in [3.63, 3.8) is 0 Å². The number of amides is 1. The summed E-state index contributed by atoms with van der Waals surface area (Å²) >= 11 is 13.0. The van der Waals surface area contributed by atoms with E-state index >= 15 is 0 Å². The van der Waals surface area contributed by atoms with Gasteiger partial charge in [-0.05, 0) is 19.1 Å². The van der Waals surface area contributed by atoms with Crippen molar-refractivity contribution < 1.29 is 4.79 Å². The molecule has 0 aliphatic heterocycles. The lowest BCUT2D eigenvalue weighted by Gasteiger charge is -2.05. The van der Waals surface area contributed by atoms with Crippen molar-refractivity contribution in [3.05, 3.63) is 44.1 Å². The highest BCUT2D eigenvalue weighted by atomic mass is 35.5. The molecule has 0 spiro atoms. The van der Waals surface area contributed by atoms with Crippen LogP contribution in [-0.2, 0) is 6.54 Å². The Morgan fingerprint density at radius 3 is 2.61 bits per heavy atom. The number of thiazole rings is 1. The van der Waals surface area contributed by atoms with Gasteiger partial charge in [-0.2, -0.15) is 0 Å². The van der Waals surface area contributed by atoms with E-state index < -0.39 is 0 Å². The average Bonchev–Trinajstić information content (AvgIpc) is 2.70. The third kappa shape index (κ3) is 3.19. The number of halogens is 2. The summed E-state index contributed by atoms with van der Waals surface area (Å²) in [5.41, 5.74) is 3.06. The molecule has 0 saturated heterocycles. The van der Waals surface area contributed by atoms with Crippen LogP contribution in [0.15, 0.2) is 17.6 Å². The van der Waals surface area contributed by atoms with Gasteiger partial charge in [0, 0.05) is 10.4 Å². The predicted molar refractivity (Wildman–Crippen MR) is 72.3 cm³/mol. The number of aryl methyl sites for hydroxylation is 1. The zero-order valence-electron chi connectivity index (χ0n) is 9.41. The Bertz CT molecular complexity index is 565. The number of pyridine rings is 1. The first-order chi connectivity index (χ1) is 8.56. The van der Waals surface area contributed by atoms with Gasteiger partial charge in [-0.15, -0.1) is 11.3 Å². The Hall–Kier alpha value is -1.17. The highest BCUT2D eigenvalue weighted by molar-refractivity contribution is 7.09. The molecular weight excluding hydrogens is 293 g/mol. The predicted octanol–water partition coefficient (Wildman–Crippen LogP) is 3.08. The van der Waals surface area contributed by atoms with Gasteiger partial charge < -0.3 is 5.32 Å². The smallest absolute Gasteiger partial charge is 0.251 e. The molecule has 2 aromatic rings. The number of aromatic nitrogens is 2. The van der Waals surface area contributed by atoms with E-state index in [-0.39, 0.29) is 16.2 Å². The molecule has 1 N–H and O–H groups in total. The molecule has 2 aromatic heterocycles. The molecule has 0 saturated carbocycles. The molecule has 0 radical (unpaired) electrons. The molecule has 0 fully saturated rings.